The summed E-state index contributed by atoms with van der Waals surface area (Å²) in [6, 6.07) is 25.4. The van der Waals surface area contributed by atoms with Crippen molar-refractivity contribution in [2.24, 2.45) is 0 Å². The summed E-state index contributed by atoms with van der Waals surface area (Å²) >= 11 is 1.92. The van der Waals surface area contributed by atoms with E-state index in [1.165, 1.54) is 70.8 Å². The largest absolute Gasteiger partial charge is 0.486 e. The lowest BCUT2D eigenvalue weighted by Crippen LogP contribution is -2.60. The minimum absolute atomic E-state index is 0.0109. The van der Waals surface area contributed by atoms with Crippen molar-refractivity contribution < 1.29 is 18.9 Å². The number of hydrogen-bond donors (Lipinski definition) is 0. The molecule has 8 heteroatoms. The molecular weight excluding hydrogens is 711 g/mol. The minimum Gasteiger partial charge on any atom is -0.486 e. The third-order valence-electron chi connectivity index (χ3n) is 12.1. The Kier molecular flexibility index (Phi) is 7.71. The zero-order chi connectivity index (χ0) is 39.0. The monoisotopic (exact) mass is 760 g/mol. The van der Waals surface area contributed by atoms with E-state index in [2.05, 4.69) is 146 Å². The highest BCUT2D eigenvalue weighted by Gasteiger charge is 2.47. The molecule has 0 bridgehead atoms. The Morgan fingerprint density at radius 2 is 1.18 bits per heavy atom. The van der Waals surface area contributed by atoms with Crippen molar-refractivity contribution in [3.8, 4) is 23.0 Å². The first kappa shape index (κ1) is 35.3. The van der Waals surface area contributed by atoms with Crippen LogP contribution in [0.25, 0.3) is 10.1 Å². The molecule has 284 valence electrons. The molecule has 1 aromatic heterocycles. The maximum atomic E-state index is 6.38. The lowest BCUT2D eigenvalue weighted by atomic mass is 9.36. The lowest BCUT2D eigenvalue weighted by Gasteiger charge is -2.44. The fourth-order valence-corrected chi connectivity index (χ4v) is 10.8. The van der Waals surface area contributed by atoms with Crippen molar-refractivity contribution in [1.82, 2.24) is 0 Å². The van der Waals surface area contributed by atoms with Crippen molar-refractivity contribution in [2.45, 2.75) is 80.1 Å². The number of ether oxygens (including phenoxy) is 4. The van der Waals surface area contributed by atoms with Gasteiger partial charge in [0.1, 0.15) is 26.4 Å². The fourth-order valence-electron chi connectivity index (χ4n) is 9.48. The molecule has 4 aliphatic rings. The first-order chi connectivity index (χ1) is 26.7. The second-order valence-electron chi connectivity index (χ2n) is 18.0. The van der Waals surface area contributed by atoms with Gasteiger partial charge < -0.3 is 28.7 Å². The van der Waals surface area contributed by atoms with Gasteiger partial charge in [-0.05, 0) is 114 Å². The van der Waals surface area contributed by atoms with Crippen molar-refractivity contribution >= 4 is 78.0 Å². The average molecular weight is 761 g/mol. The second kappa shape index (κ2) is 12.2. The Hall–Kier alpha value is -5.08. The van der Waals surface area contributed by atoms with Gasteiger partial charge in [0.05, 0.1) is 17.1 Å². The lowest BCUT2D eigenvalue weighted by molar-refractivity contribution is 0.170. The van der Waals surface area contributed by atoms with Crippen LogP contribution in [0, 0.1) is 27.7 Å². The molecule has 6 nitrogen and oxygen atoms in total. The van der Waals surface area contributed by atoms with Crippen LogP contribution in [-0.4, -0.2) is 33.1 Å². The Labute approximate surface area is 335 Å². The number of aryl methyl sites for hydroxylation is 3. The molecule has 0 amide bonds. The van der Waals surface area contributed by atoms with E-state index < -0.39 is 0 Å². The van der Waals surface area contributed by atoms with Gasteiger partial charge in [0.25, 0.3) is 6.71 Å². The van der Waals surface area contributed by atoms with E-state index in [9.17, 15) is 0 Å². The van der Waals surface area contributed by atoms with Crippen LogP contribution in [-0.2, 0) is 10.8 Å². The zero-order valence-electron chi connectivity index (χ0n) is 34.2. The van der Waals surface area contributed by atoms with Gasteiger partial charge >= 0.3 is 0 Å². The summed E-state index contributed by atoms with van der Waals surface area (Å²) in [4.78, 5) is 5.07. The summed E-state index contributed by atoms with van der Waals surface area (Å²) in [6.45, 7) is 24.9. The van der Waals surface area contributed by atoms with Gasteiger partial charge in [0, 0.05) is 43.6 Å². The quantitative estimate of drug-likeness (QED) is 0.164. The Morgan fingerprint density at radius 3 is 1.86 bits per heavy atom. The molecule has 5 aromatic carbocycles. The van der Waals surface area contributed by atoms with Gasteiger partial charge in [-0.3, -0.25) is 0 Å². The molecule has 6 aromatic rings. The summed E-state index contributed by atoms with van der Waals surface area (Å²) in [5.41, 5.74) is 17.0. The Bertz CT molecular complexity index is 2630. The van der Waals surface area contributed by atoms with Crippen molar-refractivity contribution in [3.05, 3.63) is 100 Å². The fraction of sp³-hybridized carbons (Fsp3) is 0.333. The molecule has 0 atom stereocenters. The third-order valence-corrected chi connectivity index (χ3v) is 13.4. The van der Waals surface area contributed by atoms with Crippen LogP contribution >= 0.6 is 11.3 Å². The van der Waals surface area contributed by atoms with Crippen molar-refractivity contribution in [1.29, 1.82) is 0 Å². The molecule has 0 radical (unpaired) electrons. The van der Waals surface area contributed by atoms with Crippen molar-refractivity contribution in [2.75, 3.05) is 36.2 Å². The molecule has 5 heterocycles. The molecular formula is C48H49BN2O4S. The van der Waals surface area contributed by atoms with Crippen LogP contribution in [0.15, 0.2) is 66.7 Å². The second-order valence-corrected chi connectivity index (χ2v) is 19.1. The van der Waals surface area contributed by atoms with Gasteiger partial charge in [-0.1, -0.05) is 65.8 Å². The maximum Gasteiger partial charge on any atom is 0.264 e. The molecule has 0 aliphatic carbocycles. The van der Waals surface area contributed by atoms with E-state index in [4.69, 9.17) is 18.9 Å². The van der Waals surface area contributed by atoms with E-state index in [1.54, 1.807) is 0 Å². The number of anilines is 6. The first-order valence-corrected chi connectivity index (χ1v) is 20.8. The predicted octanol–water partition coefficient (Wildman–Crippen LogP) is 10.4. The molecule has 0 spiro atoms. The molecule has 4 aliphatic heterocycles. The van der Waals surface area contributed by atoms with E-state index in [0.717, 1.165) is 45.5 Å². The highest BCUT2D eigenvalue weighted by atomic mass is 32.1. The zero-order valence-corrected chi connectivity index (χ0v) is 35.0. The van der Waals surface area contributed by atoms with Gasteiger partial charge in [-0.2, -0.15) is 0 Å². The first-order valence-electron chi connectivity index (χ1n) is 20.0. The van der Waals surface area contributed by atoms with Gasteiger partial charge in [0.2, 0.25) is 0 Å². The molecule has 0 saturated heterocycles. The average Bonchev–Trinajstić information content (AvgIpc) is 3.53. The predicted molar refractivity (Wildman–Crippen MR) is 234 cm³/mol. The Morgan fingerprint density at radius 1 is 0.571 bits per heavy atom. The van der Waals surface area contributed by atoms with Crippen LogP contribution < -0.4 is 44.4 Å². The van der Waals surface area contributed by atoms with Crippen LogP contribution in [0.3, 0.4) is 0 Å². The van der Waals surface area contributed by atoms with E-state index in [1.807, 2.05) is 11.3 Å². The van der Waals surface area contributed by atoms with E-state index >= 15 is 0 Å². The van der Waals surface area contributed by atoms with Gasteiger partial charge in [-0.25, -0.2) is 0 Å². The summed E-state index contributed by atoms with van der Waals surface area (Å²) in [6.07, 6.45) is 0. The van der Waals surface area contributed by atoms with Crippen molar-refractivity contribution in [3.63, 3.8) is 0 Å². The third kappa shape index (κ3) is 5.14. The molecule has 0 N–H and O–H groups in total. The summed E-state index contributed by atoms with van der Waals surface area (Å²) in [5.74, 6) is 3.27. The molecule has 0 fully saturated rings. The highest BCUT2D eigenvalue weighted by molar-refractivity contribution is 7.33. The number of benzene rings is 5. The van der Waals surface area contributed by atoms with Crippen LogP contribution in [0.4, 0.5) is 34.1 Å². The normalized spacial score (nSPS) is 15.5. The van der Waals surface area contributed by atoms with E-state index in [0.29, 0.717) is 26.4 Å². The van der Waals surface area contributed by atoms with Gasteiger partial charge in [-0.15, -0.1) is 11.3 Å². The van der Waals surface area contributed by atoms with Crippen LogP contribution in [0.1, 0.15) is 74.9 Å². The summed E-state index contributed by atoms with van der Waals surface area (Å²) in [5, 5.41) is 1.27. The topological polar surface area (TPSA) is 43.4 Å². The van der Waals surface area contributed by atoms with E-state index in [-0.39, 0.29) is 17.5 Å². The molecule has 56 heavy (non-hydrogen) atoms. The molecule has 0 saturated carbocycles. The summed E-state index contributed by atoms with van der Waals surface area (Å²) in [7, 11) is 0. The number of fused-ring (bicyclic) bond motifs is 8. The standard InChI is InChI=1S/C48H49BN2O4S/c1-26-20-31(48(8,9)10)21-27(2)42(26)50-34-12-11-13-35-41(34)49(33-24-37-38(25-36(33)50)53-17-16-52-37)46-44(32-23-30(47(5,6)7)14-15-40(32)56-46)51(35)43-28(3)22-39-45(29(43)4)55-19-18-54-39/h11-15,20-25H,16-19H2,1-10H3. The molecule has 0 unspecified atom stereocenters. The number of nitrogens with zero attached hydrogens (tertiary/aromatic N) is 2. The SMILES string of the molecule is Cc1cc(C(C)(C)C)cc(C)c1N1c2cc3c(cc2B2c4sc5ccc(C(C)(C)C)cc5c4N(c4c(C)cc5c(c4C)OCCO5)c4cccc1c42)OCCO3. The van der Waals surface area contributed by atoms with Crippen LogP contribution in [0.5, 0.6) is 23.0 Å². The number of rotatable bonds is 2. The maximum absolute atomic E-state index is 6.38. The minimum atomic E-state index is -0.0303. The Balaban J connectivity index is 1.33. The summed E-state index contributed by atoms with van der Waals surface area (Å²) < 4.78 is 27.8. The smallest absolute Gasteiger partial charge is 0.264 e. The molecule has 10 rings (SSSR count). The van der Waals surface area contributed by atoms with Crippen LogP contribution in [0.2, 0.25) is 0 Å². The highest BCUT2D eigenvalue weighted by Crippen LogP contribution is 2.53. The van der Waals surface area contributed by atoms with Gasteiger partial charge in [0.15, 0.2) is 23.0 Å². The number of thiophene rings is 1. The number of hydrogen-bond acceptors (Lipinski definition) is 7.